The molecule has 1 aromatic rings. The van der Waals surface area contributed by atoms with E-state index < -0.39 is 0 Å². The number of rotatable bonds is 8. The van der Waals surface area contributed by atoms with Crippen LogP contribution in [0.5, 0.6) is 0 Å². The van der Waals surface area contributed by atoms with Crippen LogP contribution in [0.1, 0.15) is 100 Å². The van der Waals surface area contributed by atoms with E-state index in [-0.39, 0.29) is 17.9 Å². The van der Waals surface area contributed by atoms with Crippen LogP contribution in [-0.2, 0) is 4.79 Å². The minimum absolute atomic E-state index is 0.122. The van der Waals surface area contributed by atoms with Crippen molar-refractivity contribution in [1.29, 1.82) is 0 Å². The fourth-order valence-corrected chi connectivity index (χ4v) is 5.05. The van der Waals surface area contributed by atoms with Gasteiger partial charge in [-0.05, 0) is 38.5 Å². The molecule has 0 unspecified atom stereocenters. The maximum absolute atomic E-state index is 12.6. The van der Waals surface area contributed by atoms with Gasteiger partial charge in [-0.2, -0.15) is 0 Å². The van der Waals surface area contributed by atoms with E-state index in [0.29, 0.717) is 35.9 Å². The summed E-state index contributed by atoms with van der Waals surface area (Å²) in [5, 5.41) is 7.08. The summed E-state index contributed by atoms with van der Waals surface area (Å²) in [5.74, 6) is 1.57. The number of nitrogens with one attached hydrogen (secondary N) is 1. The predicted molar refractivity (Wildman–Crippen MR) is 111 cm³/mol. The first-order valence-electron chi connectivity index (χ1n) is 11.6. The molecule has 2 atom stereocenters. The molecule has 160 valence electrons. The van der Waals surface area contributed by atoms with Gasteiger partial charge < -0.3 is 9.84 Å². The van der Waals surface area contributed by atoms with Crippen molar-refractivity contribution in [2.45, 2.75) is 102 Å². The summed E-state index contributed by atoms with van der Waals surface area (Å²) in [4.78, 5) is 27.8. The average Bonchev–Trinajstić information content (AvgIpc) is 3.29. The number of carbonyl (C=O) groups is 2. The highest BCUT2D eigenvalue weighted by atomic mass is 16.5. The molecule has 2 saturated carbocycles. The number of nitrogens with zero attached hydrogens (tertiary/aromatic N) is 2. The predicted octanol–water partition coefficient (Wildman–Crippen LogP) is 4.06. The Morgan fingerprint density at radius 2 is 1.97 bits per heavy atom. The zero-order valence-corrected chi connectivity index (χ0v) is 17.9. The Morgan fingerprint density at radius 1 is 1.21 bits per heavy atom. The van der Waals surface area contributed by atoms with Crippen LogP contribution >= 0.6 is 0 Å². The molecule has 2 aliphatic carbocycles. The normalized spacial score (nSPS) is 26.2. The van der Waals surface area contributed by atoms with E-state index in [1.165, 1.54) is 32.1 Å². The number of likely N-dealkylation sites (tertiary alicyclic amines) is 1. The second-order valence-corrected chi connectivity index (χ2v) is 9.60. The van der Waals surface area contributed by atoms with Gasteiger partial charge in [0.2, 0.25) is 0 Å². The summed E-state index contributed by atoms with van der Waals surface area (Å²) in [7, 11) is 0. The lowest BCUT2D eigenvalue weighted by atomic mass is 9.84. The summed E-state index contributed by atoms with van der Waals surface area (Å²) in [6, 6.07) is 2.92. The number of hydrogen-bond donors (Lipinski definition) is 1. The van der Waals surface area contributed by atoms with E-state index in [9.17, 15) is 9.59 Å². The first-order chi connectivity index (χ1) is 14.0. The van der Waals surface area contributed by atoms with Crippen LogP contribution in [-0.4, -0.2) is 46.4 Å². The quantitative estimate of drug-likeness (QED) is 0.711. The van der Waals surface area contributed by atoms with Crippen molar-refractivity contribution in [1.82, 2.24) is 15.4 Å². The van der Waals surface area contributed by atoms with E-state index >= 15 is 0 Å². The van der Waals surface area contributed by atoms with Crippen LogP contribution in [0.25, 0.3) is 0 Å². The minimum atomic E-state index is -0.152. The van der Waals surface area contributed by atoms with Gasteiger partial charge in [0.15, 0.2) is 5.69 Å². The first kappa shape index (κ1) is 20.6. The molecule has 1 amide bonds. The molecular formula is C23H35N3O3. The van der Waals surface area contributed by atoms with E-state index in [1.807, 2.05) is 13.8 Å². The molecule has 1 saturated heterocycles. The van der Waals surface area contributed by atoms with Gasteiger partial charge in [0.05, 0.1) is 0 Å². The number of hydrogen-bond acceptors (Lipinski definition) is 5. The van der Waals surface area contributed by atoms with Crippen LogP contribution < -0.4 is 5.32 Å². The molecule has 1 N–H and O–H groups in total. The lowest BCUT2D eigenvalue weighted by Gasteiger charge is -2.25. The summed E-state index contributed by atoms with van der Waals surface area (Å²) >= 11 is 0. The maximum Gasteiger partial charge on any atom is 0.273 e. The number of amides is 1. The molecule has 6 heteroatoms. The van der Waals surface area contributed by atoms with Gasteiger partial charge in [0.1, 0.15) is 11.5 Å². The lowest BCUT2D eigenvalue weighted by Crippen LogP contribution is -2.38. The van der Waals surface area contributed by atoms with Crippen LogP contribution in [0.15, 0.2) is 10.6 Å². The van der Waals surface area contributed by atoms with Crippen LogP contribution in [0, 0.1) is 5.92 Å². The number of Topliss-reactive ketones (excluding diaryl/α,β-unsaturated/α-hetero) is 1. The van der Waals surface area contributed by atoms with Crippen molar-refractivity contribution < 1.29 is 14.1 Å². The molecular weight excluding hydrogens is 366 g/mol. The molecule has 0 bridgehead atoms. The lowest BCUT2D eigenvalue weighted by molar-refractivity contribution is -0.124. The van der Waals surface area contributed by atoms with Gasteiger partial charge in [-0.1, -0.05) is 38.3 Å². The average molecular weight is 402 g/mol. The molecule has 1 aliphatic heterocycles. The van der Waals surface area contributed by atoms with Gasteiger partial charge in [0.25, 0.3) is 5.91 Å². The van der Waals surface area contributed by atoms with Crippen LogP contribution in [0.2, 0.25) is 0 Å². The molecule has 2 heterocycles. The van der Waals surface area contributed by atoms with Gasteiger partial charge in [0, 0.05) is 49.0 Å². The largest absolute Gasteiger partial charge is 0.360 e. The van der Waals surface area contributed by atoms with E-state index in [2.05, 4.69) is 15.4 Å². The Hall–Kier alpha value is -1.69. The highest BCUT2D eigenvalue weighted by Gasteiger charge is 2.41. The minimum Gasteiger partial charge on any atom is -0.360 e. The summed E-state index contributed by atoms with van der Waals surface area (Å²) in [6.07, 6.45) is 10.9. The van der Waals surface area contributed by atoms with Gasteiger partial charge in [-0.3, -0.25) is 14.5 Å². The molecule has 0 spiro atoms. The van der Waals surface area contributed by atoms with Crippen molar-refractivity contribution in [2.75, 3.05) is 6.54 Å². The standard InChI is InChI=1S/C23H35N3O3/c1-15(2)22-13-20(25-29-22)23(28)24-17-12-19(26(14-17)18-8-9-18)10-11-21(27)16-6-4-3-5-7-16/h13,15-19H,3-12,14H2,1-2H3,(H,24,28)/t17-,19-/m0/s1. The van der Waals surface area contributed by atoms with Crippen molar-refractivity contribution in [3.05, 3.63) is 17.5 Å². The Kier molecular flexibility index (Phi) is 6.38. The Balaban J connectivity index is 1.30. The summed E-state index contributed by atoms with van der Waals surface area (Å²) < 4.78 is 5.27. The molecule has 3 fully saturated rings. The Bertz CT molecular complexity index is 719. The molecule has 29 heavy (non-hydrogen) atoms. The number of carbonyl (C=O) groups excluding carboxylic acids is 2. The summed E-state index contributed by atoms with van der Waals surface area (Å²) in [6.45, 7) is 4.92. The first-order valence-corrected chi connectivity index (χ1v) is 11.6. The third-order valence-electron chi connectivity index (χ3n) is 6.92. The van der Waals surface area contributed by atoms with Crippen LogP contribution in [0.3, 0.4) is 0 Å². The topological polar surface area (TPSA) is 75.4 Å². The second kappa shape index (κ2) is 8.99. The summed E-state index contributed by atoms with van der Waals surface area (Å²) in [5.41, 5.74) is 0.364. The zero-order chi connectivity index (χ0) is 20.4. The molecule has 1 aromatic heterocycles. The highest BCUT2D eigenvalue weighted by Crippen LogP contribution is 2.36. The fraction of sp³-hybridized carbons (Fsp3) is 0.783. The molecule has 4 rings (SSSR count). The highest BCUT2D eigenvalue weighted by molar-refractivity contribution is 5.92. The Morgan fingerprint density at radius 3 is 2.62 bits per heavy atom. The molecule has 0 radical (unpaired) electrons. The van der Waals surface area contributed by atoms with E-state index in [0.717, 1.165) is 38.0 Å². The van der Waals surface area contributed by atoms with E-state index in [4.69, 9.17) is 4.52 Å². The van der Waals surface area contributed by atoms with Gasteiger partial charge >= 0.3 is 0 Å². The monoisotopic (exact) mass is 401 g/mol. The van der Waals surface area contributed by atoms with Crippen molar-refractivity contribution >= 4 is 11.7 Å². The second-order valence-electron chi connectivity index (χ2n) is 9.60. The van der Waals surface area contributed by atoms with Gasteiger partial charge in [-0.25, -0.2) is 0 Å². The molecule has 3 aliphatic rings. The van der Waals surface area contributed by atoms with Gasteiger partial charge in [-0.15, -0.1) is 0 Å². The third-order valence-corrected chi connectivity index (χ3v) is 6.92. The number of ketones is 1. The van der Waals surface area contributed by atoms with Crippen molar-refractivity contribution in [3.8, 4) is 0 Å². The van der Waals surface area contributed by atoms with Crippen LogP contribution in [0.4, 0.5) is 0 Å². The smallest absolute Gasteiger partial charge is 0.273 e. The third kappa shape index (κ3) is 5.08. The maximum atomic E-state index is 12.6. The zero-order valence-electron chi connectivity index (χ0n) is 17.9. The fourth-order valence-electron chi connectivity index (χ4n) is 5.05. The molecule has 0 aromatic carbocycles. The van der Waals surface area contributed by atoms with E-state index in [1.54, 1.807) is 6.07 Å². The SMILES string of the molecule is CC(C)c1cc(C(=O)N[C@H]2C[C@H](CCC(=O)C3CCCCC3)N(C3CC3)C2)no1. The van der Waals surface area contributed by atoms with Crippen molar-refractivity contribution in [3.63, 3.8) is 0 Å². The Labute approximate surface area is 173 Å². The number of aromatic nitrogens is 1. The molecule has 6 nitrogen and oxygen atoms in total. The van der Waals surface area contributed by atoms with Crippen molar-refractivity contribution in [2.24, 2.45) is 5.92 Å².